The number of halogens is 1. The number of nitrogens with zero attached hydrogens (tertiary/aromatic N) is 1. The third-order valence-corrected chi connectivity index (χ3v) is 4.21. The van der Waals surface area contributed by atoms with Crippen molar-refractivity contribution >= 4 is 27.9 Å². The third-order valence-electron chi connectivity index (χ3n) is 3.36. The van der Waals surface area contributed by atoms with E-state index in [0.717, 1.165) is 19.3 Å². The molecule has 1 N–H and O–H groups in total. The highest BCUT2D eigenvalue weighted by Crippen LogP contribution is 2.19. The van der Waals surface area contributed by atoms with Gasteiger partial charge in [0.15, 0.2) is 0 Å². The number of hydrogen-bond acceptors (Lipinski definition) is 6. The lowest BCUT2D eigenvalue weighted by Crippen LogP contribution is -2.39. The molecule has 6 nitrogen and oxygen atoms in total. The van der Waals surface area contributed by atoms with E-state index in [9.17, 15) is 14.7 Å². The number of alkyl halides is 1. The zero-order valence-corrected chi connectivity index (χ0v) is 16.6. The summed E-state index contributed by atoms with van der Waals surface area (Å²) in [4.78, 5) is 24.3. The van der Waals surface area contributed by atoms with Gasteiger partial charge in [-0.1, -0.05) is 47.8 Å². The summed E-state index contributed by atoms with van der Waals surface area (Å²) in [5, 5.41) is 10.5. The number of rotatable bonds is 12. The maximum Gasteiger partial charge on any atom is 0.320 e. The molecule has 0 bridgehead atoms. The molecule has 3 atom stereocenters. The summed E-state index contributed by atoms with van der Waals surface area (Å²) >= 11 is 3.38. The summed E-state index contributed by atoms with van der Waals surface area (Å²) in [7, 11) is 4.89. The number of ether oxygens (including phenoxy) is 2. The van der Waals surface area contributed by atoms with Crippen LogP contribution >= 0.6 is 15.9 Å². The van der Waals surface area contributed by atoms with Crippen LogP contribution in [0, 0.1) is 0 Å². The minimum Gasteiger partial charge on any atom is -0.469 e. The summed E-state index contributed by atoms with van der Waals surface area (Å²) in [6.07, 6.45) is 5.49. The summed E-state index contributed by atoms with van der Waals surface area (Å²) in [5.74, 6) is -0.712. The number of likely N-dealkylation sites (N-methyl/N-ethyl adjacent to an activating group) is 1. The highest BCUT2D eigenvalue weighted by atomic mass is 79.9. The first-order valence-electron chi connectivity index (χ1n) is 8.21. The van der Waals surface area contributed by atoms with Crippen molar-refractivity contribution in [3.8, 4) is 0 Å². The quantitative estimate of drug-likeness (QED) is 0.231. The van der Waals surface area contributed by atoms with E-state index in [1.165, 1.54) is 7.11 Å². The van der Waals surface area contributed by atoms with Crippen molar-refractivity contribution in [1.82, 2.24) is 4.90 Å². The van der Waals surface area contributed by atoms with Crippen LogP contribution in [0.4, 0.5) is 0 Å². The van der Waals surface area contributed by atoms with E-state index in [2.05, 4.69) is 27.6 Å². The van der Waals surface area contributed by atoms with E-state index in [-0.39, 0.29) is 24.9 Å². The first-order valence-corrected chi connectivity index (χ1v) is 9.13. The van der Waals surface area contributed by atoms with Gasteiger partial charge in [-0.05, 0) is 26.9 Å². The number of hydrogen-bond donors (Lipinski definition) is 1. The second-order valence-corrected chi connectivity index (χ2v) is 6.96. The molecule has 24 heavy (non-hydrogen) atoms. The van der Waals surface area contributed by atoms with Crippen molar-refractivity contribution < 1.29 is 24.2 Å². The molecule has 0 rings (SSSR count). The summed E-state index contributed by atoms with van der Waals surface area (Å²) < 4.78 is 10.0. The fourth-order valence-corrected chi connectivity index (χ4v) is 2.61. The number of carbonyl (C=O) groups is 2. The number of unbranched alkanes of at least 4 members (excludes halogenated alkanes) is 2. The van der Waals surface area contributed by atoms with Gasteiger partial charge >= 0.3 is 11.9 Å². The fourth-order valence-electron chi connectivity index (χ4n) is 2.06. The molecule has 7 heteroatoms. The lowest BCUT2D eigenvalue weighted by atomic mass is 10.0. The molecule has 0 aliphatic heterocycles. The summed E-state index contributed by atoms with van der Waals surface area (Å²) in [6.45, 7) is 2.26. The molecular weight excluding hydrogens is 378 g/mol. The van der Waals surface area contributed by atoms with Gasteiger partial charge in [-0.15, -0.1) is 0 Å². The van der Waals surface area contributed by atoms with Gasteiger partial charge in [0, 0.05) is 0 Å². The molecule has 0 aliphatic carbocycles. The van der Waals surface area contributed by atoms with Gasteiger partial charge in [-0.25, -0.2) is 0 Å². The van der Waals surface area contributed by atoms with Crippen molar-refractivity contribution in [3.63, 3.8) is 0 Å². The van der Waals surface area contributed by atoms with Gasteiger partial charge in [-0.2, -0.15) is 0 Å². The van der Waals surface area contributed by atoms with Crippen LogP contribution in [0.1, 0.15) is 39.0 Å². The van der Waals surface area contributed by atoms with Crippen LogP contribution in [0.3, 0.4) is 0 Å². The molecule has 0 spiro atoms. The average Bonchev–Trinajstić information content (AvgIpc) is 2.52. The Hall–Kier alpha value is -0.920. The van der Waals surface area contributed by atoms with E-state index in [4.69, 9.17) is 4.74 Å². The smallest absolute Gasteiger partial charge is 0.320 e. The predicted octanol–water partition coefficient (Wildman–Crippen LogP) is 2.28. The maximum absolute atomic E-state index is 11.9. The van der Waals surface area contributed by atoms with Crippen molar-refractivity contribution in [2.24, 2.45) is 0 Å². The molecule has 0 aromatic heterocycles. The van der Waals surface area contributed by atoms with Crippen LogP contribution in [-0.4, -0.2) is 66.7 Å². The Morgan fingerprint density at radius 3 is 2.46 bits per heavy atom. The maximum atomic E-state index is 11.9. The van der Waals surface area contributed by atoms with Crippen LogP contribution < -0.4 is 0 Å². The van der Waals surface area contributed by atoms with Crippen LogP contribution in [-0.2, 0) is 19.1 Å². The van der Waals surface area contributed by atoms with Crippen LogP contribution in [0.5, 0.6) is 0 Å². The molecule has 0 radical (unpaired) electrons. The first kappa shape index (κ1) is 23.1. The molecule has 0 aromatic carbocycles. The first-order chi connectivity index (χ1) is 11.3. The van der Waals surface area contributed by atoms with Gasteiger partial charge in [0.05, 0.1) is 24.9 Å². The van der Waals surface area contributed by atoms with E-state index in [0.29, 0.717) is 6.42 Å². The number of esters is 2. The van der Waals surface area contributed by atoms with E-state index >= 15 is 0 Å². The Morgan fingerprint density at radius 2 is 1.92 bits per heavy atom. The minimum atomic E-state index is -0.887. The second kappa shape index (κ2) is 13.4. The number of aliphatic hydroxyl groups excluding tert-OH is 1. The predicted molar refractivity (Wildman–Crippen MR) is 97.1 cm³/mol. The topological polar surface area (TPSA) is 76.1 Å². The Morgan fingerprint density at radius 1 is 1.25 bits per heavy atom. The molecule has 0 fully saturated rings. The van der Waals surface area contributed by atoms with Gasteiger partial charge in [0.25, 0.3) is 0 Å². The van der Waals surface area contributed by atoms with E-state index in [1.54, 1.807) is 31.1 Å². The standard InChI is InChI=1S/C17H30BrNO5/c1-5-6-7-10-14(24-16(21)12-19(2)3)17(22)13(18)9-8-11-15(20)23-4/h8-9,13-14,17,22H,5-7,10-12H2,1-4H3/b9-8+. The molecule has 0 amide bonds. The van der Waals surface area contributed by atoms with Crippen molar-refractivity contribution in [2.75, 3.05) is 27.7 Å². The van der Waals surface area contributed by atoms with Gasteiger partial charge in [-0.3, -0.25) is 14.5 Å². The SMILES string of the molecule is CCCCCC(OC(=O)CN(C)C)C(O)C(Br)/C=C/CC(=O)OC. The summed E-state index contributed by atoms with van der Waals surface area (Å²) in [5.41, 5.74) is 0. The Labute approximate surface area is 153 Å². The van der Waals surface area contributed by atoms with E-state index in [1.807, 2.05) is 0 Å². The lowest BCUT2D eigenvalue weighted by Gasteiger charge is -2.26. The zero-order chi connectivity index (χ0) is 18.5. The molecular formula is C17H30BrNO5. The van der Waals surface area contributed by atoms with Crippen molar-refractivity contribution in [2.45, 2.75) is 56.1 Å². The molecule has 3 unspecified atom stereocenters. The van der Waals surface area contributed by atoms with Crippen LogP contribution in [0.2, 0.25) is 0 Å². The normalized spacial score (nSPS) is 15.3. The zero-order valence-electron chi connectivity index (χ0n) is 15.0. The highest BCUT2D eigenvalue weighted by Gasteiger charge is 2.27. The second-order valence-electron chi connectivity index (χ2n) is 5.91. The number of aliphatic hydroxyl groups is 1. The monoisotopic (exact) mass is 407 g/mol. The van der Waals surface area contributed by atoms with Crippen LogP contribution in [0.15, 0.2) is 12.2 Å². The molecule has 0 saturated heterocycles. The van der Waals surface area contributed by atoms with Gasteiger partial charge in [0.2, 0.25) is 0 Å². The van der Waals surface area contributed by atoms with Gasteiger partial charge < -0.3 is 14.6 Å². The number of methoxy groups -OCH3 is 1. The molecule has 0 aliphatic rings. The van der Waals surface area contributed by atoms with Gasteiger partial charge in [0.1, 0.15) is 12.2 Å². The van der Waals surface area contributed by atoms with Crippen molar-refractivity contribution in [3.05, 3.63) is 12.2 Å². The average molecular weight is 408 g/mol. The van der Waals surface area contributed by atoms with E-state index < -0.39 is 17.0 Å². The lowest BCUT2D eigenvalue weighted by molar-refractivity contribution is -0.156. The Kier molecular flexibility index (Phi) is 12.9. The largest absolute Gasteiger partial charge is 0.469 e. The summed E-state index contributed by atoms with van der Waals surface area (Å²) in [6, 6.07) is 0. The Balaban J connectivity index is 4.71. The number of carbonyl (C=O) groups excluding carboxylic acids is 2. The fraction of sp³-hybridized carbons (Fsp3) is 0.765. The Bertz CT molecular complexity index is 400. The molecule has 0 aromatic rings. The molecule has 140 valence electrons. The van der Waals surface area contributed by atoms with Crippen LogP contribution in [0.25, 0.3) is 0 Å². The highest BCUT2D eigenvalue weighted by molar-refractivity contribution is 9.09. The molecule has 0 heterocycles. The molecule has 0 saturated carbocycles. The third kappa shape index (κ3) is 10.8. The minimum absolute atomic E-state index is 0.131. The van der Waals surface area contributed by atoms with Crippen molar-refractivity contribution in [1.29, 1.82) is 0 Å².